The topological polar surface area (TPSA) is 69.4 Å². The third-order valence-corrected chi connectivity index (χ3v) is 4.01. The van der Waals surface area contributed by atoms with Gasteiger partial charge in [-0.15, -0.1) is 0 Å². The summed E-state index contributed by atoms with van der Waals surface area (Å²) < 4.78 is 16.5. The van der Waals surface area contributed by atoms with Crippen molar-refractivity contribution in [3.8, 4) is 5.75 Å². The lowest BCUT2D eigenvalue weighted by atomic mass is 9.79. The number of methoxy groups -OCH3 is 1. The highest BCUT2D eigenvalue weighted by atomic mass is 16.5. The first-order valence-electron chi connectivity index (χ1n) is 7.53. The van der Waals surface area contributed by atoms with Crippen LogP contribution < -0.4 is 10.1 Å². The van der Waals surface area contributed by atoms with Crippen LogP contribution in [0.4, 0.5) is 0 Å². The van der Waals surface area contributed by atoms with Crippen LogP contribution in [0, 0.1) is 0 Å². The molecule has 1 aromatic heterocycles. The smallest absolute Gasteiger partial charge is 0.235 e. The maximum Gasteiger partial charge on any atom is 0.235 e. The highest BCUT2D eigenvalue weighted by molar-refractivity contribution is 5.21. The molecule has 0 bridgehead atoms. The van der Waals surface area contributed by atoms with Crippen LogP contribution >= 0.6 is 0 Å². The number of nitrogens with zero attached hydrogens (tertiary/aromatic N) is 2. The summed E-state index contributed by atoms with van der Waals surface area (Å²) in [6, 6.07) is 9.62. The van der Waals surface area contributed by atoms with Gasteiger partial charge in [0.1, 0.15) is 5.75 Å². The second kappa shape index (κ2) is 6.89. The van der Waals surface area contributed by atoms with Gasteiger partial charge >= 0.3 is 0 Å². The monoisotopic (exact) mass is 303 g/mol. The van der Waals surface area contributed by atoms with Crippen LogP contribution in [-0.2, 0) is 16.8 Å². The van der Waals surface area contributed by atoms with E-state index in [4.69, 9.17) is 14.0 Å². The van der Waals surface area contributed by atoms with Gasteiger partial charge in [-0.1, -0.05) is 23.4 Å². The Kier molecular flexibility index (Phi) is 4.70. The molecule has 0 unspecified atom stereocenters. The Morgan fingerprint density at radius 3 is 2.73 bits per heavy atom. The molecular weight excluding hydrogens is 282 g/mol. The minimum absolute atomic E-state index is 0.183. The average molecular weight is 303 g/mol. The van der Waals surface area contributed by atoms with Gasteiger partial charge in [0, 0.05) is 7.11 Å². The Balaban J connectivity index is 1.69. The molecule has 1 aliphatic rings. The van der Waals surface area contributed by atoms with E-state index in [0.29, 0.717) is 24.9 Å². The third kappa shape index (κ3) is 3.28. The molecule has 1 aromatic carbocycles. The summed E-state index contributed by atoms with van der Waals surface area (Å²) in [5.74, 6) is 2.01. The number of para-hydroxylation sites is 1. The maximum absolute atomic E-state index is 5.66. The summed E-state index contributed by atoms with van der Waals surface area (Å²) in [5.41, 5.74) is -0.183. The Labute approximate surface area is 129 Å². The molecule has 6 nitrogen and oxygen atoms in total. The molecule has 0 amide bonds. The number of nitrogens with one attached hydrogen (secondary N) is 1. The SMILES string of the molecule is COCC1(c2nc(COc3ccccc3)no2)CCNCC1. The minimum atomic E-state index is -0.183. The van der Waals surface area contributed by atoms with Crippen molar-refractivity contribution >= 4 is 0 Å². The first-order chi connectivity index (χ1) is 10.8. The van der Waals surface area contributed by atoms with Crippen LogP contribution in [-0.4, -0.2) is 36.9 Å². The summed E-state index contributed by atoms with van der Waals surface area (Å²) in [6.45, 7) is 2.76. The average Bonchev–Trinajstić information content (AvgIpc) is 3.05. The Bertz CT molecular complexity index is 574. The van der Waals surface area contributed by atoms with Gasteiger partial charge in [-0.25, -0.2) is 0 Å². The molecule has 6 heteroatoms. The van der Waals surface area contributed by atoms with Crippen molar-refractivity contribution in [1.29, 1.82) is 0 Å². The molecule has 1 saturated heterocycles. The van der Waals surface area contributed by atoms with E-state index in [9.17, 15) is 0 Å². The molecule has 0 spiro atoms. The largest absolute Gasteiger partial charge is 0.485 e. The van der Waals surface area contributed by atoms with Crippen LogP contribution in [0.3, 0.4) is 0 Å². The number of hydrogen-bond donors (Lipinski definition) is 1. The minimum Gasteiger partial charge on any atom is -0.485 e. The van der Waals surface area contributed by atoms with Crippen LogP contribution in [0.2, 0.25) is 0 Å². The Hall–Kier alpha value is -1.92. The van der Waals surface area contributed by atoms with E-state index in [1.54, 1.807) is 7.11 Å². The zero-order chi connectivity index (χ0) is 15.3. The van der Waals surface area contributed by atoms with E-state index >= 15 is 0 Å². The van der Waals surface area contributed by atoms with Gasteiger partial charge in [0.25, 0.3) is 0 Å². The quantitative estimate of drug-likeness (QED) is 0.879. The number of benzene rings is 1. The summed E-state index contributed by atoms with van der Waals surface area (Å²) in [4.78, 5) is 4.53. The molecule has 1 aliphatic heterocycles. The van der Waals surface area contributed by atoms with Crippen LogP contribution in [0.1, 0.15) is 24.6 Å². The van der Waals surface area contributed by atoms with Crippen molar-refractivity contribution in [2.45, 2.75) is 24.9 Å². The predicted octanol–water partition coefficient (Wildman–Crippen LogP) is 1.92. The van der Waals surface area contributed by atoms with Gasteiger partial charge < -0.3 is 19.3 Å². The fourth-order valence-electron chi connectivity index (χ4n) is 2.79. The normalized spacial score (nSPS) is 17.3. The number of hydrogen-bond acceptors (Lipinski definition) is 6. The van der Waals surface area contributed by atoms with Gasteiger partial charge in [0.2, 0.25) is 11.7 Å². The molecule has 1 fully saturated rings. The van der Waals surface area contributed by atoms with Crippen LogP contribution in [0.15, 0.2) is 34.9 Å². The number of piperidine rings is 1. The van der Waals surface area contributed by atoms with E-state index in [2.05, 4.69) is 15.5 Å². The molecule has 2 aromatic rings. The highest BCUT2D eigenvalue weighted by Crippen LogP contribution is 2.32. The standard InChI is InChI=1S/C16H21N3O3/c1-20-12-16(7-9-17-10-8-16)15-18-14(19-22-15)11-21-13-5-3-2-4-6-13/h2-6,17H,7-12H2,1H3. The van der Waals surface area contributed by atoms with Crippen molar-refractivity contribution in [2.24, 2.45) is 0 Å². The van der Waals surface area contributed by atoms with Crippen LogP contribution in [0.5, 0.6) is 5.75 Å². The van der Waals surface area contributed by atoms with E-state index in [1.807, 2.05) is 30.3 Å². The van der Waals surface area contributed by atoms with Crippen LogP contribution in [0.25, 0.3) is 0 Å². The maximum atomic E-state index is 5.66. The van der Waals surface area contributed by atoms with Crippen molar-refractivity contribution < 1.29 is 14.0 Å². The second-order valence-electron chi connectivity index (χ2n) is 5.58. The lowest BCUT2D eigenvalue weighted by Crippen LogP contribution is -2.43. The summed E-state index contributed by atoms with van der Waals surface area (Å²) in [7, 11) is 1.71. The van der Waals surface area contributed by atoms with Crippen molar-refractivity contribution in [2.75, 3.05) is 26.8 Å². The fraction of sp³-hybridized carbons (Fsp3) is 0.500. The molecule has 1 N–H and O–H groups in total. The van der Waals surface area contributed by atoms with Crippen molar-refractivity contribution in [1.82, 2.24) is 15.5 Å². The first kappa shape index (κ1) is 15.0. The van der Waals surface area contributed by atoms with Gasteiger partial charge in [0.05, 0.1) is 12.0 Å². The van der Waals surface area contributed by atoms with Gasteiger partial charge in [0.15, 0.2) is 6.61 Å². The molecule has 0 atom stereocenters. The second-order valence-corrected chi connectivity index (χ2v) is 5.58. The lowest BCUT2D eigenvalue weighted by Gasteiger charge is -2.33. The van der Waals surface area contributed by atoms with Gasteiger partial charge in [-0.2, -0.15) is 4.98 Å². The lowest BCUT2D eigenvalue weighted by molar-refractivity contribution is 0.0849. The van der Waals surface area contributed by atoms with Gasteiger partial charge in [-0.05, 0) is 38.1 Å². The number of rotatable bonds is 6. The molecule has 2 heterocycles. The Morgan fingerprint density at radius 1 is 1.23 bits per heavy atom. The third-order valence-electron chi connectivity index (χ3n) is 4.01. The molecule has 0 saturated carbocycles. The fourth-order valence-corrected chi connectivity index (χ4v) is 2.79. The Morgan fingerprint density at radius 2 is 2.00 bits per heavy atom. The number of ether oxygens (including phenoxy) is 2. The molecular formula is C16H21N3O3. The summed E-state index contributed by atoms with van der Waals surface area (Å²) in [5, 5.41) is 7.40. The van der Waals surface area contributed by atoms with E-state index in [0.717, 1.165) is 31.7 Å². The summed E-state index contributed by atoms with van der Waals surface area (Å²) >= 11 is 0. The molecule has 22 heavy (non-hydrogen) atoms. The first-order valence-corrected chi connectivity index (χ1v) is 7.53. The predicted molar refractivity (Wildman–Crippen MR) is 80.7 cm³/mol. The van der Waals surface area contributed by atoms with E-state index in [-0.39, 0.29) is 5.41 Å². The molecule has 3 rings (SSSR count). The van der Waals surface area contributed by atoms with E-state index in [1.165, 1.54) is 0 Å². The van der Waals surface area contributed by atoms with Crippen molar-refractivity contribution in [3.05, 3.63) is 42.0 Å². The van der Waals surface area contributed by atoms with E-state index < -0.39 is 0 Å². The van der Waals surface area contributed by atoms with Gasteiger partial charge in [-0.3, -0.25) is 0 Å². The molecule has 0 radical (unpaired) electrons. The zero-order valence-corrected chi connectivity index (χ0v) is 12.7. The van der Waals surface area contributed by atoms with Crippen molar-refractivity contribution in [3.63, 3.8) is 0 Å². The molecule has 118 valence electrons. The summed E-state index contributed by atoms with van der Waals surface area (Å²) in [6.07, 6.45) is 1.87. The number of aromatic nitrogens is 2. The molecule has 0 aliphatic carbocycles. The zero-order valence-electron chi connectivity index (χ0n) is 12.7. The highest BCUT2D eigenvalue weighted by Gasteiger charge is 2.39.